The van der Waals surface area contributed by atoms with Crippen molar-refractivity contribution in [1.29, 1.82) is 0 Å². The van der Waals surface area contributed by atoms with Gasteiger partial charge in [0.25, 0.3) is 0 Å². The molecule has 6 heteroatoms. The molecule has 6 nitrogen and oxygen atoms in total. The van der Waals surface area contributed by atoms with Gasteiger partial charge in [-0.15, -0.1) is 0 Å². The molecule has 0 aliphatic carbocycles. The summed E-state index contributed by atoms with van der Waals surface area (Å²) in [6.45, 7) is 5.99. The average molecular weight is 407 g/mol. The average Bonchev–Trinajstić information content (AvgIpc) is 3.21. The third kappa shape index (κ3) is 5.86. The van der Waals surface area contributed by atoms with E-state index >= 15 is 0 Å². The maximum Gasteiger partial charge on any atom is 0.191 e. The van der Waals surface area contributed by atoms with Crippen molar-refractivity contribution in [2.45, 2.75) is 46.4 Å². The number of aliphatic imine (C=N–C) groups is 1. The Morgan fingerprint density at radius 3 is 2.47 bits per heavy atom. The summed E-state index contributed by atoms with van der Waals surface area (Å²) in [6.07, 6.45) is 1.67. The van der Waals surface area contributed by atoms with Gasteiger partial charge in [0.1, 0.15) is 18.1 Å². The van der Waals surface area contributed by atoms with E-state index in [2.05, 4.69) is 52.8 Å². The van der Waals surface area contributed by atoms with E-state index < -0.39 is 0 Å². The van der Waals surface area contributed by atoms with Crippen LogP contribution in [0.1, 0.15) is 42.0 Å². The fraction of sp³-hybridized carbons (Fsp3) is 0.333. The number of benzene rings is 2. The molecule has 158 valence electrons. The molecule has 3 aromatic rings. The molecule has 0 amide bonds. The molecule has 3 rings (SSSR count). The minimum absolute atomic E-state index is 0.555. The molecule has 1 aromatic heterocycles. The Labute approximate surface area is 178 Å². The van der Waals surface area contributed by atoms with E-state index in [1.807, 2.05) is 36.4 Å². The van der Waals surface area contributed by atoms with Crippen molar-refractivity contribution in [3.8, 4) is 5.75 Å². The zero-order valence-corrected chi connectivity index (χ0v) is 17.9. The fourth-order valence-corrected chi connectivity index (χ4v) is 3.20. The molecule has 2 aromatic carbocycles. The van der Waals surface area contributed by atoms with Gasteiger partial charge in [-0.2, -0.15) is 0 Å². The predicted octanol–water partition coefficient (Wildman–Crippen LogP) is 4.24. The maximum absolute atomic E-state index is 5.92. The van der Waals surface area contributed by atoms with Crippen LogP contribution >= 0.6 is 0 Å². The predicted molar refractivity (Wildman–Crippen MR) is 120 cm³/mol. The third-order valence-electron chi connectivity index (χ3n) is 4.87. The van der Waals surface area contributed by atoms with Crippen molar-refractivity contribution in [2.24, 2.45) is 4.99 Å². The summed E-state index contributed by atoms with van der Waals surface area (Å²) in [5, 5.41) is 10.9. The van der Waals surface area contributed by atoms with E-state index in [9.17, 15) is 0 Å². The monoisotopic (exact) mass is 406 g/mol. The number of ether oxygens (including phenoxy) is 1. The zero-order valence-electron chi connectivity index (χ0n) is 17.9. The number of guanidine groups is 1. The number of nitrogens with one attached hydrogen (secondary N) is 2. The van der Waals surface area contributed by atoms with Crippen LogP contribution in [0.4, 0.5) is 0 Å². The molecule has 0 spiro atoms. The second-order valence-electron chi connectivity index (χ2n) is 6.94. The fourth-order valence-electron chi connectivity index (χ4n) is 3.20. The molecule has 2 N–H and O–H groups in total. The molecule has 0 radical (unpaired) electrons. The van der Waals surface area contributed by atoms with Crippen LogP contribution in [0.5, 0.6) is 5.75 Å². The Balaban J connectivity index is 1.53. The molecule has 0 atom stereocenters. The summed E-state index contributed by atoms with van der Waals surface area (Å²) in [4.78, 5) is 4.32. The van der Waals surface area contributed by atoms with Gasteiger partial charge in [-0.3, -0.25) is 4.99 Å². The lowest BCUT2D eigenvalue weighted by Gasteiger charge is -2.13. The van der Waals surface area contributed by atoms with Crippen LogP contribution in [0.15, 0.2) is 64.1 Å². The first-order chi connectivity index (χ1) is 14.7. The highest BCUT2D eigenvalue weighted by Crippen LogP contribution is 2.16. The van der Waals surface area contributed by atoms with Crippen LogP contribution in [0.25, 0.3) is 0 Å². The Morgan fingerprint density at radius 2 is 1.73 bits per heavy atom. The molecule has 30 heavy (non-hydrogen) atoms. The minimum Gasteiger partial charge on any atom is -0.489 e. The van der Waals surface area contributed by atoms with Crippen LogP contribution in [0.3, 0.4) is 0 Å². The number of nitrogens with zero attached hydrogens (tertiary/aromatic N) is 2. The van der Waals surface area contributed by atoms with Crippen LogP contribution in [-0.4, -0.2) is 18.2 Å². The zero-order chi connectivity index (χ0) is 21.2. The van der Waals surface area contributed by atoms with Gasteiger partial charge in [-0.05, 0) is 29.7 Å². The topological polar surface area (TPSA) is 71.7 Å². The first-order valence-electron chi connectivity index (χ1n) is 10.4. The van der Waals surface area contributed by atoms with Gasteiger partial charge in [0.05, 0.1) is 5.69 Å². The summed E-state index contributed by atoms with van der Waals surface area (Å²) < 4.78 is 11.4. The first kappa shape index (κ1) is 21.4. The van der Waals surface area contributed by atoms with Gasteiger partial charge in [0, 0.05) is 32.1 Å². The molecule has 0 bridgehead atoms. The van der Waals surface area contributed by atoms with E-state index in [4.69, 9.17) is 9.26 Å². The lowest BCUT2D eigenvalue weighted by Crippen LogP contribution is -2.36. The number of aromatic nitrogens is 1. The molecule has 0 aliphatic rings. The van der Waals surface area contributed by atoms with Crippen molar-refractivity contribution in [3.05, 3.63) is 82.7 Å². The van der Waals surface area contributed by atoms with E-state index in [1.54, 1.807) is 7.05 Å². The Hall–Kier alpha value is -3.28. The van der Waals surface area contributed by atoms with Gasteiger partial charge in [0.2, 0.25) is 0 Å². The number of aryl methyl sites for hydroxylation is 2. The number of hydrogen-bond acceptors (Lipinski definition) is 4. The lowest BCUT2D eigenvalue weighted by molar-refractivity contribution is 0.306. The number of rotatable bonds is 9. The Morgan fingerprint density at radius 1 is 0.967 bits per heavy atom. The quantitative estimate of drug-likeness (QED) is 0.411. The standard InChI is InChI=1S/C24H30N4O2/c1-4-22-21(23(5-2)30-28-22)16-27-24(25-3)26-15-19-12-9-13-20(14-19)29-17-18-10-7-6-8-11-18/h6-14H,4-5,15-17H2,1-3H3,(H2,25,26,27). The van der Waals surface area contributed by atoms with Crippen LogP contribution < -0.4 is 15.4 Å². The van der Waals surface area contributed by atoms with Gasteiger partial charge < -0.3 is 19.9 Å². The highest BCUT2D eigenvalue weighted by molar-refractivity contribution is 5.79. The van der Waals surface area contributed by atoms with Crippen LogP contribution in [-0.2, 0) is 32.5 Å². The maximum atomic E-state index is 5.92. The summed E-state index contributed by atoms with van der Waals surface area (Å²) in [6, 6.07) is 18.3. The molecule has 0 aliphatic heterocycles. The Bertz CT molecular complexity index is 929. The largest absolute Gasteiger partial charge is 0.489 e. The smallest absolute Gasteiger partial charge is 0.191 e. The summed E-state index contributed by atoms with van der Waals surface area (Å²) in [5.74, 6) is 2.51. The summed E-state index contributed by atoms with van der Waals surface area (Å²) in [7, 11) is 1.77. The van der Waals surface area contributed by atoms with Gasteiger partial charge in [-0.1, -0.05) is 61.5 Å². The first-order valence-corrected chi connectivity index (χ1v) is 10.4. The van der Waals surface area contributed by atoms with E-state index in [-0.39, 0.29) is 0 Å². The van der Waals surface area contributed by atoms with Gasteiger partial charge >= 0.3 is 0 Å². The van der Waals surface area contributed by atoms with E-state index in [1.165, 1.54) is 0 Å². The SMILES string of the molecule is CCc1noc(CC)c1CNC(=NC)NCc1cccc(OCc2ccccc2)c1. The van der Waals surface area contributed by atoms with Crippen LogP contribution in [0, 0.1) is 0 Å². The van der Waals surface area contributed by atoms with E-state index in [0.29, 0.717) is 19.7 Å². The molecule has 0 saturated heterocycles. The molecule has 1 heterocycles. The van der Waals surface area contributed by atoms with E-state index in [0.717, 1.165) is 52.7 Å². The summed E-state index contributed by atoms with van der Waals surface area (Å²) >= 11 is 0. The number of hydrogen-bond donors (Lipinski definition) is 2. The van der Waals surface area contributed by atoms with Crippen molar-refractivity contribution in [1.82, 2.24) is 15.8 Å². The van der Waals surface area contributed by atoms with Crippen molar-refractivity contribution >= 4 is 5.96 Å². The highest BCUT2D eigenvalue weighted by Gasteiger charge is 2.13. The molecule has 0 fully saturated rings. The summed E-state index contributed by atoms with van der Waals surface area (Å²) in [5.41, 5.74) is 4.39. The second-order valence-corrected chi connectivity index (χ2v) is 6.94. The Kier molecular flexibility index (Phi) is 7.89. The lowest BCUT2D eigenvalue weighted by atomic mass is 10.1. The van der Waals surface area contributed by atoms with Crippen molar-refractivity contribution < 1.29 is 9.26 Å². The van der Waals surface area contributed by atoms with Crippen molar-refractivity contribution in [3.63, 3.8) is 0 Å². The molecular weight excluding hydrogens is 376 g/mol. The van der Waals surface area contributed by atoms with Gasteiger partial charge in [0.15, 0.2) is 5.96 Å². The molecular formula is C24H30N4O2. The van der Waals surface area contributed by atoms with Gasteiger partial charge in [-0.25, -0.2) is 0 Å². The molecule has 0 saturated carbocycles. The molecule has 0 unspecified atom stereocenters. The van der Waals surface area contributed by atoms with Crippen LogP contribution in [0.2, 0.25) is 0 Å². The normalized spacial score (nSPS) is 11.4. The highest BCUT2D eigenvalue weighted by atomic mass is 16.5. The minimum atomic E-state index is 0.555. The van der Waals surface area contributed by atoms with Crippen molar-refractivity contribution in [2.75, 3.05) is 7.05 Å². The second kappa shape index (κ2) is 11.0. The third-order valence-corrected chi connectivity index (χ3v) is 4.87.